The van der Waals surface area contributed by atoms with Crippen LogP contribution in [0.5, 0.6) is 0 Å². The van der Waals surface area contributed by atoms with Gasteiger partial charge in [0.1, 0.15) is 0 Å². The predicted octanol–water partition coefficient (Wildman–Crippen LogP) is 0.663. The highest BCUT2D eigenvalue weighted by atomic mass is 16.5. The zero-order valence-corrected chi connectivity index (χ0v) is 9.54. The van der Waals surface area contributed by atoms with Crippen molar-refractivity contribution in [3.05, 3.63) is 30.1 Å². The van der Waals surface area contributed by atoms with E-state index >= 15 is 0 Å². The van der Waals surface area contributed by atoms with Crippen LogP contribution < -0.4 is 0 Å². The molecule has 4 nitrogen and oxygen atoms in total. The summed E-state index contributed by atoms with van der Waals surface area (Å²) in [5, 5.41) is 9.32. The normalized spacial score (nSPS) is 26.1. The number of hydrogen-bond donors (Lipinski definition) is 1. The van der Waals surface area contributed by atoms with E-state index in [2.05, 4.69) is 9.88 Å². The molecule has 0 aromatic carbocycles. The number of methoxy groups -OCH3 is 1. The summed E-state index contributed by atoms with van der Waals surface area (Å²) in [6.45, 7) is 1.95. The van der Waals surface area contributed by atoms with Crippen molar-refractivity contribution >= 4 is 0 Å². The number of aliphatic hydroxyl groups is 1. The van der Waals surface area contributed by atoms with Gasteiger partial charge in [-0.2, -0.15) is 0 Å². The number of pyridine rings is 1. The topological polar surface area (TPSA) is 45.6 Å². The fourth-order valence-electron chi connectivity index (χ4n) is 2.21. The summed E-state index contributed by atoms with van der Waals surface area (Å²) in [5.41, 5.74) is 1.23. The Balaban J connectivity index is 1.98. The van der Waals surface area contributed by atoms with E-state index in [-0.39, 0.29) is 18.8 Å². The first-order valence-corrected chi connectivity index (χ1v) is 5.60. The van der Waals surface area contributed by atoms with Crippen LogP contribution in [0.1, 0.15) is 12.0 Å². The second-order valence-electron chi connectivity index (χ2n) is 4.21. The molecule has 0 amide bonds. The molecule has 2 atom stereocenters. The van der Waals surface area contributed by atoms with E-state index in [0.29, 0.717) is 0 Å². The molecule has 2 rings (SSSR count). The van der Waals surface area contributed by atoms with Gasteiger partial charge in [0.25, 0.3) is 0 Å². The second-order valence-corrected chi connectivity index (χ2v) is 4.21. The van der Waals surface area contributed by atoms with Gasteiger partial charge in [0, 0.05) is 38.6 Å². The van der Waals surface area contributed by atoms with Crippen LogP contribution in [0.25, 0.3) is 0 Å². The van der Waals surface area contributed by atoms with Crippen LogP contribution in [0, 0.1) is 0 Å². The fraction of sp³-hybridized carbons (Fsp3) is 0.583. The van der Waals surface area contributed by atoms with Gasteiger partial charge < -0.3 is 9.84 Å². The Kier molecular flexibility index (Phi) is 3.88. The van der Waals surface area contributed by atoms with Crippen LogP contribution in [0.3, 0.4) is 0 Å². The highest BCUT2D eigenvalue weighted by Crippen LogP contribution is 2.21. The van der Waals surface area contributed by atoms with Gasteiger partial charge in [-0.1, -0.05) is 0 Å². The monoisotopic (exact) mass is 222 g/mol. The van der Waals surface area contributed by atoms with E-state index in [1.807, 2.05) is 12.1 Å². The van der Waals surface area contributed by atoms with Gasteiger partial charge in [-0.05, 0) is 24.1 Å². The van der Waals surface area contributed by atoms with E-state index in [1.165, 1.54) is 5.56 Å². The first-order valence-electron chi connectivity index (χ1n) is 5.60. The molecule has 2 heterocycles. The number of rotatable bonds is 4. The van der Waals surface area contributed by atoms with Crippen molar-refractivity contribution in [1.29, 1.82) is 0 Å². The van der Waals surface area contributed by atoms with E-state index in [1.54, 1.807) is 19.5 Å². The molecule has 1 fully saturated rings. The lowest BCUT2D eigenvalue weighted by Gasteiger charge is -2.22. The Morgan fingerprint density at radius 2 is 2.25 bits per heavy atom. The van der Waals surface area contributed by atoms with Gasteiger partial charge in [-0.25, -0.2) is 0 Å². The Morgan fingerprint density at radius 3 is 2.88 bits per heavy atom. The zero-order chi connectivity index (χ0) is 11.4. The molecule has 16 heavy (non-hydrogen) atoms. The Morgan fingerprint density at radius 1 is 1.50 bits per heavy atom. The van der Waals surface area contributed by atoms with Crippen molar-refractivity contribution in [3.8, 4) is 0 Å². The molecule has 0 aliphatic carbocycles. The molecule has 1 N–H and O–H groups in total. The Labute approximate surface area is 95.9 Å². The predicted molar refractivity (Wildman–Crippen MR) is 60.9 cm³/mol. The third-order valence-corrected chi connectivity index (χ3v) is 3.17. The number of aliphatic hydroxyl groups excluding tert-OH is 1. The van der Waals surface area contributed by atoms with Crippen LogP contribution in [0.15, 0.2) is 24.5 Å². The fourth-order valence-corrected chi connectivity index (χ4v) is 2.21. The third-order valence-electron chi connectivity index (χ3n) is 3.17. The van der Waals surface area contributed by atoms with Gasteiger partial charge in [-0.15, -0.1) is 0 Å². The number of nitrogens with zero attached hydrogens (tertiary/aromatic N) is 2. The van der Waals surface area contributed by atoms with Gasteiger partial charge in [-0.3, -0.25) is 9.88 Å². The van der Waals surface area contributed by atoms with Crippen LogP contribution in [-0.2, 0) is 11.3 Å². The Hall–Kier alpha value is -0.970. The second kappa shape index (κ2) is 5.39. The lowest BCUT2D eigenvalue weighted by atomic mass is 10.2. The average Bonchev–Trinajstić information content (AvgIpc) is 2.73. The van der Waals surface area contributed by atoms with Gasteiger partial charge in [0.05, 0.1) is 12.7 Å². The molecule has 1 aromatic heterocycles. The average molecular weight is 222 g/mol. The summed E-state index contributed by atoms with van der Waals surface area (Å²) in [6.07, 6.45) is 4.76. The first kappa shape index (κ1) is 11.5. The van der Waals surface area contributed by atoms with Crippen molar-refractivity contribution in [3.63, 3.8) is 0 Å². The van der Waals surface area contributed by atoms with E-state index in [9.17, 15) is 5.11 Å². The van der Waals surface area contributed by atoms with E-state index < -0.39 is 0 Å². The van der Waals surface area contributed by atoms with Crippen molar-refractivity contribution in [2.45, 2.75) is 25.1 Å². The maximum atomic E-state index is 9.32. The molecule has 0 radical (unpaired) electrons. The molecule has 1 aromatic rings. The zero-order valence-electron chi connectivity index (χ0n) is 9.54. The van der Waals surface area contributed by atoms with Gasteiger partial charge >= 0.3 is 0 Å². The van der Waals surface area contributed by atoms with Crippen LogP contribution >= 0.6 is 0 Å². The quantitative estimate of drug-likeness (QED) is 0.813. The summed E-state index contributed by atoms with van der Waals surface area (Å²) in [7, 11) is 1.73. The molecule has 1 saturated heterocycles. The number of hydrogen-bond acceptors (Lipinski definition) is 4. The van der Waals surface area contributed by atoms with Gasteiger partial charge in [0.15, 0.2) is 0 Å². The Bertz CT molecular complexity index is 318. The molecular weight excluding hydrogens is 204 g/mol. The summed E-state index contributed by atoms with van der Waals surface area (Å²) in [4.78, 5) is 6.27. The highest BCUT2D eigenvalue weighted by molar-refractivity contribution is 5.10. The summed E-state index contributed by atoms with van der Waals surface area (Å²) in [6, 6.07) is 4.24. The summed E-state index contributed by atoms with van der Waals surface area (Å²) >= 11 is 0. The molecular formula is C12H18N2O2. The molecule has 1 aliphatic heterocycles. The minimum atomic E-state index is 0.199. The van der Waals surface area contributed by atoms with E-state index in [0.717, 1.165) is 19.5 Å². The SMILES string of the molecule is CO[C@@H]1C[C@@H](CO)N(Cc2ccncc2)C1. The van der Waals surface area contributed by atoms with Crippen LogP contribution in [0.2, 0.25) is 0 Å². The molecule has 0 saturated carbocycles. The lowest BCUT2D eigenvalue weighted by Crippen LogP contribution is -2.31. The molecule has 0 bridgehead atoms. The number of aromatic nitrogens is 1. The summed E-state index contributed by atoms with van der Waals surface area (Å²) in [5.74, 6) is 0. The first-order chi connectivity index (χ1) is 7.83. The lowest BCUT2D eigenvalue weighted by molar-refractivity contribution is 0.107. The molecule has 1 aliphatic rings. The minimum absolute atomic E-state index is 0.199. The van der Waals surface area contributed by atoms with Crippen LogP contribution in [0.4, 0.5) is 0 Å². The van der Waals surface area contributed by atoms with E-state index in [4.69, 9.17) is 4.74 Å². The van der Waals surface area contributed by atoms with Crippen molar-refractivity contribution < 1.29 is 9.84 Å². The van der Waals surface area contributed by atoms with Gasteiger partial charge in [0.2, 0.25) is 0 Å². The molecule has 0 spiro atoms. The van der Waals surface area contributed by atoms with Crippen LogP contribution in [-0.4, -0.2) is 47.4 Å². The smallest absolute Gasteiger partial charge is 0.0714 e. The maximum absolute atomic E-state index is 9.32. The summed E-state index contributed by atoms with van der Waals surface area (Å²) < 4.78 is 5.35. The maximum Gasteiger partial charge on any atom is 0.0714 e. The van der Waals surface area contributed by atoms with Crippen molar-refractivity contribution in [2.24, 2.45) is 0 Å². The standard InChI is InChI=1S/C12H18N2O2/c1-16-12-6-11(9-15)14(8-12)7-10-2-4-13-5-3-10/h2-5,11-12,15H,6-9H2,1H3/t11-,12+/m0/s1. The third kappa shape index (κ3) is 2.58. The highest BCUT2D eigenvalue weighted by Gasteiger charge is 2.31. The molecule has 4 heteroatoms. The van der Waals surface area contributed by atoms with Crippen molar-refractivity contribution in [1.82, 2.24) is 9.88 Å². The number of ether oxygens (including phenoxy) is 1. The molecule has 88 valence electrons. The minimum Gasteiger partial charge on any atom is -0.395 e. The molecule has 0 unspecified atom stereocenters. The van der Waals surface area contributed by atoms with Crippen molar-refractivity contribution in [2.75, 3.05) is 20.3 Å². The largest absolute Gasteiger partial charge is 0.395 e. The number of likely N-dealkylation sites (tertiary alicyclic amines) is 1.